The summed E-state index contributed by atoms with van der Waals surface area (Å²) in [5, 5.41) is 5.71. The minimum Gasteiger partial charge on any atom is -0.354 e. The highest BCUT2D eigenvalue weighted by Gasteiger charge is 2.38. The highest BCUT2D eigenvalue weighted by atomic mass is 32.2. The third-order valence-corrected chi connectivity index (χ3v) is 6.25. The number of thioether (sulfide) groups is 1. The number of hydrogen-bond donors (Lipinski definition) is 2. The average molecular weight is 394 g/mol. The molecule has 1 heterocycles. The number of carbonyl (C=O) groups is 4. The quantitative estimate of drug-likeness (QED) is 0.603. The van der Waals surface area contributed by atoms with E-state index in [4.69, 9.17) is 0 Å². The van der Waals surface area contributed by atoms with Crippen molar-refractivity contribution in [1.29, 1.82) is 0 Å². The predicted molar refractivity (Wildman–Crippen MR) is 103 cm³/mol. The Bertz CT molecular complexity index is 627. The lowest BCUT2D eigenvalue weighted by Crippen LogP contribution is -2.39. The molecule has 0 radical (unpaired) electrons. The van der Waals surface area contributed by atoms with E-state index in [1.54, 1.807) is 0 Å². The van der Waals surface area contributed by atoms with Crippen LogP contribution in [0.25, 0.3) is 0 Å². The molecule has 1 saturated carbocycles. The van der Waals surface area contributed by atoms with Crippen molar-refractivity contribution in [1.82, 2.24) is 15.5 Å². The van der Waals surface area contributed by atoms with Crippen LogP contribution in [0.3, 0.4) is 0 Å². The number of rotatable bonds is 8. The van der Waals surface area contributed by atoms with Gasteiger partial charge in [0.25, 0.3) is 11.8 Å². The summed E-state index contributed by atoms with van der Waals surface area (Å²) in [6, 6.07) is 0.293. The first-order chi connectivity index (χ1) is 13.1. The highest BCUT2D eigenvalue weighted by Crippen LogP contribution is 2.32. The first-order valence-electron chi connectivity index (χ1n) is 9.78. The van der Waals surface area contributed by atoms with Crippen LogP contribution in [0, 0.1) is 0 Å². The second-order valence-corrected chi connectivity index (χ2v) is 8.30. The largest absolute Gasteiger partial charge is 0.354 e. The lowest BCUT2D eigenvalue weighted by molar-refractivity contribution is -0.138. The first-order valence-corrected chi connectivity index (χ1v) is 10.9. The fraction of sp³-hybridized carbons (Fsp3) is 0.684. The van der Waals surface area contributed by atoms with Gasteiger partial charge in [-0.2, -0.15) is 0 Å². The van der Waals surface area contributed by atoms with Crippen molar-refractivity contribution in [3.63, 3.8) is 0 Å². The summed E-state index contributed by atoms with van der Waals surface area (Å²) < 4.78 is 0. The molecular weight excluding hydrogens is 366 g/mol. The van der Waals surface area contributed by atoms with E-state index >= 15 is 0 Å². The summed E-state index contributed by atoms with van der Waals surface area (Å²) in [5.41, 5.74) is 1.34. The molecule has 0 aromatic carbocycles. The second-order valence-electron chi connectivity index (χ2n) is 7.32. The average Bonchev–Trinajstić information content (AvgIpc) is 3.24. The molecule has 4 amide bonds. The molecule has 0 aromatic rings. The summed E-state index contributed by atoms with van der Waals surface area (Å²) >= 11 is 1.27. The van der Waals surface area contributed by atoms with Crippen molar-refractivity contribution in [2.75, 3.05) is 24.6 Å². The number of carbonyl (C=O) groups excluding carboxylic acids is 4. The van der Waals surface area contributed by atoms with Crippen molar-refractivity contribution in [2.45, 2.75) is 57.4 Å². The summed E-state index contributed by atoms with van der Waals surface area (Å²) in [6.07, 6.45) is 7.70. The van der Waals surface area contributed by atoms with Crippen LogP contribution < -0.4 is 10.6 Å². The van der Waals surface area contributed by atoms with Gasteiger partial charge in [0.15, 0.2) is 0 Å². The normalized spacial score (nSPS) is 20.2. The summed E-state index contributed by atoms with van der Waals surface area (Å²) in [6.45, 7) is 0.439. The van der Waals surface area contributed by atoms with Crippen molar-refractivity contribution < 1.29 is 19.2 Å². The number of hydrogen-bond acceptors (Lipinski definition) is 5. The van der Waals surface area contributed by atoms with Gasteiger partial charge in [-0.05, 0) is 38.5 Å². The van der Waals surface area contributed by atoms with Gasteiger partial charge in [-0.3, -0.25) is 24.1 Å². The molecule has 3 rings (SSSR count). The molecule has 8 heteroatoms. The van der Waals surface area contributed by atoms with E-state index in [9.17, 15) is 19.2 Å². The zero-order valence-corrected chi connectivity index (χ0v) is 16.4. The Balaban J connectivity index is 1.30. The summed E-state index contributed by atoms with van der Waals surface area (Å²) in [4.78, 5) is 49.6. The Kier molecular flexibility index (Phi) is 6.93. The zero-order valence-electron chi connectivity index (χ0n) is 15.6. The third kappa shape index (κ3) is 5.12. The van der Waals surface area contributed by atoms with Crippen LogP contribution in [0.2, 0.25) is 0 Å². The van der Waals surface area contributed by atoms with Gasteiger partial charge >= 0.3 is 0 Å². The van der Waals surface area contributed by atoms with Crippen molar-refractivity contribution in [3.05, 3.63) is 11.1 Å². The third-order valence-electron chi connectivity index (χ3n) is 5.32. The Hall–Kier alpha value is -1.83. The van der Waals surface area contributed by atoms with E-state index in [1.165, 1.54) is 29.5 Å². The number of nitrogens with zero attached hydrogens (tertiary/aromatic N) is 1. The predicted octanol–water partition coefficient (Wildman–Crippen LogP) is 1.13. The van der Waals surface area contributed by atoms with E-state index in [0.29, 0.717) is 30.0 Å². The van der Waals surface area contributed by atoms with E-state index < -0.39 is 0 Å². The smallest absolute Gasteiger partial charge is 0.257 e. The molecule has 3 aliphatic rings. The molecule has 2 aliphatic carbocycles. The number of nitrogens with one attached hydrogen (secondary N) is 2. The van der Waals surface area contributed by atoms with Crippen LogP contribution in [-0.2, 0) is 19.2 Å². The Morgan fingerprint density at radius 3 is 2.15 bits per heavy atom. The maximum atomic E-state index is 12.3. The van der Waals surface area contributed by atoms with E-state index in [1.807, 2.05) is 0 Å². The van der Waals surface area contributed by atoms with Crippen LogP contribution in [-0.4, -0.2) is 59.2 Å². The van der Waals surface area contributed by atoms with Gasteiger partial charge in [-0.15, -0.1) is 11.8 Å². The van der Waals surface area contributed by atoms with Gasteiger partial charge in [0.2, 0.25) is 11.8 Å². The SMILES string of the molecule is O=C(CSCC(=O)NC1CCCC1)NCCN1C(=O)C2=C(CCCC2)C1=O. The van der Waals surface area contributed by atoms with Gasteiger partial charge < -0.3 is 10.6 Å². The lowest BCUT2D eigenvalue weighted by Gasteiger charge is -2.15. The molecule has 1 aliphatic heterocycles. The maximum absolute atomic E-state index is 12.3. The first kappa shape index (κ1) is 19.9. The van der Waals surface area contributed by atoms with Crippen LogP contribution in [0.5, 0.6) is 0 Å². The van der Waals surface area contributed by atoms with Gasteiger partial charge in [0.1, 0.15) is 0 Å². The molecule has 27 heavy (non-hydrogen) atoms. The number of imide groups is 1. The summed E-state index contributed by atoms with van der Waals surface area (Å²) in [7, 11) is 0. The number of amides is 4. The molecule has 2 N–H and O–H groups in total. The Morgan fingerprint density at radius 1 is 0.926 bits per heavy atom. The van der Waals surface area contributed by atoms with Crippen LogP contribution in [0.1, 0.15) is 51.4 Å². The van der Waals surface area contributed by atoms with Gasteiger partial charge in [-0.25, -0.2) is 0 Å². The molecule has 7 nitrogen and oxygen atoms in total. The molecular formula is C19H27N3O4S. The van der Waals surface area contributed by atoms with E-state index in [2.05, 4.69) is 10.6 Å². The Labute approximate surface area is 163 Å². The topological polar surface area (TPSA) is 95.6 Å². The molecule has 0 aromatic heterocycles. The lowest BCUT2D eigenvalue weighted by atomic mass is 9.93. The zero-order chi connectivity index (χ0) is 19.2. The van der Waals surface area contributed by atoms with Crippen molar-refractivity contribution >= 4 is 35.4 Å². The molecule has 0 spiro atoms. The fourth-order valence-corrected chi connectivity index (χ4v) is 4.59. The van der Waals surface area contributed by atoms with E-state index in [0.717, 1.165) is 25.7 Å². The standard InChI is InChI=1S/C19H27N3O4S/c23-16(11-27-12-17(24)21-13-5-1-2-6-13)20-9-10-22-18(25)14-7-3-4-8-15(14)19(22)26/h13H,1-12H2,(H,20,23)(H,21,24). The van der Waals surface area contributed by atoms with E-state index in [-0.39, 0.29) is 48.2 Å². The molecule has 0 unspecified atom stereocenters. The molecule has 0 bridgehead atoms. The van der Waals surface area contributed by atoms with Crippen LogP contribution >= 0.6 is 11.8 Å². The van der Waals surface area contributed by atoms with Crippen LogP contribution in [0.15, 0.2) is 11.1 Å². The molecule has 0 atom stereocenters. The maximum Gasteiger partial charge on any atom is 0.257 e. The summed E-state index contributed by atoms with van der Waals surface area (Å²) in [5.74, 6) is -0.141. The highest BCUT2D eigenvalue weighted by molar-refractivity contribution is 8.00. The fourth-order valence-electron chi connectivity index (χ4n) is 3.93. The second kappa shape index (κ2) is 9.39. The minimum absolute atomic E-state index is 0.0235. The molecule has 0 saturated heterocycles. The monoisotopic (exact) mass is 393 g/mol. The molecule has 148 valence electrons. The van der Waals surface area contributed by atoms with Gasteiger partial charge in [0, 0.05) is 30.3 Å². The Morgan fingerprint density at radius 2 is 1.52 bits per heavy atom. The minimum atomic E-state index is -0.193. The van der Waals surface area contributed by atoms with Crippen LogP contribution in [0.4, 0.5) is 0 Å². The van der Waals surface area contributed by atoms with Gasteiger partial charge in [0.05, 0.1) is 11.5 Å². The van der Waals surface area contributed by atoms with Gasteiger partial charge in [-0.1, -0.05) is 12.8 Å². The van der Waals surface area contributed by atoms with Crippen molar-refractivity contribution in [2.24, 2.45) is 0 Å². The molecule has 1 fully saturated rings. The van der Waals surface area contributed by atoms with Crippen molar-refractivity contribution in [3.8, 4) is 0 Å².